The third-order valence-corrected chi connectivity index (χ3v) is 5.57. The van der Waals surface area contributed by atoms with Gasteiger partial charge in [0.1, 0.15) is 0 Å². The number of anilines is 1. The van der Waals surface area contributed by atoms with Gasteiger partial charge in [0.05, 0.1) is 17.0 Å². The number of benzene rings is 2. The number of amides is 1. The zero-order valence-corrected chi connectivity index (χ0v) is 16.0. The topological polar surface area (TPSA) is 89.0 Å². The highest BCUT2D eigenvalue weighted by molar-refractivity contribution is 7.90. The Kier molecular flexibility index (Phi) is 5.53. The van der Waals surface area contributed by atoms with Crippen LogP contribution >= 0.6 is 11.6 Å². The number of halogens is 1. The molecule has 27 heavy (non-hydrogen) atoms. The van der Waals surface area contributed by atoms with Crippen LogP contribution in [0, 0.1) is 6.92 Å². The van der Waals surface area contributed by atoms with Gasteiger partial charge < -0.3 is 5.32 Å². The molecular weight excluding hydrogens is 386 g/mol. The van der Waals surface area contributed by atoms with Crippen molar-refractivity contribution in [3.63, 3.8) is 0 Å². The first-order valence-electron chi connectivity index (χ1n) is 8.03. The first-order chi connectivity index (χ1) is 12.9. The molecule has 8 heteroatoms. The number of sulfone groups is 1. The Labute approximate surface area is 162 Å². The van der Waals surface area contributed by atoms with Gasteiger partial charge in [-0.1, -0.05) is 54.1 Å². The molecular formula is C19H16ClN3O3S. The van der Waals surface area contributed by atoms with E-state index in [9.17, 15) is 13.2 Å². The molecule has 0 bridgehead atoms. The smallest absolute Gasteiger partial charge is 0.275 e. The number of para-hydroxylation sites is 1. The second-order valence-corrected chi connectivity index (χ2v) is 8.15. The number of aromatic nitrogens is 2. The number of rotatable bonds is 5. The molecule has 0 atom stereocenters. The molecule has 0 aliphatic carbocycles. The predicted octanol–water partition coefficient (Wildman–Crippen LogP) is 3.66. The summed E-state index contributed by atoms with van der Waals surface area (Å²) in [6, 6.07) is 15.9. The van der Waals surface area contributed by atoms with Gasteiger partial charge >= 0.3 is 0 Å². The number of nitrogens with one attached hydrogen (secondary N) is 1. The monoisotopic (exact) mass is 401 g/mol. The third-order valence-electron chi connectivity index (χ3n) is 3.85. The lowest BCUT2D eigenvalue weighted by molar-refractivity contribution is 0.102. The zero-order valence-electron chi connectivity index (χ0n) is 14.4. The van der Waals surface area contributed by atoms with Gasteiger partial charge in [-0.2, -0.15) is 0 Å². The molecule has 0 fully saturated rings. The van der Waals surface area contributed by atoms with Crippen molar-refractivity contribution < 1.29 is 13.2 Å². The van der Waals surface area contributed by atoms with E-state index in [2.05, 4.69) is 15.3 Å². The molecule has 3 aromatic rings. The lowest BCUT2D eigenvalue weighted by atomic mass is 10.1. The van der Waals surface area contributed by atoms with Gasteiger partial charge in [-0.15, -0.1) is 0 Å². The van der Waals surface area contributed by atoms with Crippen LogP contribution in [0.4, 0.5) is 5.69 Å². The van der Waals surface area contributed by atoms with Crippen molar-refractivity contribution in [3.05, 3.63) is 82.6 Å². The largest absolute Gasteiger partial charge is 0.321 e. The van der Waals surface area contributed by atoms with E-state index in [1.807, 2.05) is 25.1 Å². The van der Waals surface area contributed by atoms with Crippen LogP contribution in [0.5, 0.6) is 0 Å². The summed E-state index contributed by atoms with van der Waals surface area (Å²) in [5, 5.41) is 2.16. The Morgan fingerprint density at radius 2 is 1.74 bits per heavy atom. The van der Waals surface area contributed by atoms with Crippen LogP contribution in [-0.4, -0.2) is 24.3 Å². The Bertz CT molecular complexity index is 1090. The number of carbonyl (C=O) groups is 1. The predicted molar refractivity (Wildman–Crippen MR) is 104 cm³/mol. The zero-order chi connectivity index (χ0) is 19.4. The fourth-order valence-electron chi connectivity index (χ4n) is 2.41. The van der Waals surface area contributed by atoms with E-state index in [0.717, 1.165) is 11.8 Å². The number of carbonyl (C=O) groups excluding carboxylic acids is 1. The Morgan fingerprint density at radius 3 is 2.44 bits per heavy atom. The normalized spacial score (nSPS) is 11.2. The van der Waals surface area contributed by atoms with Crippen LogP contribution in [0.15, 0.2) is 66.0 Å². The second-order valence-electron chi connectivity index (χ2n) is 5.85. The molecule has 0 aliphatic rings. The van der Waals surface area contributed by atoms with E-state index >= 15 is 0 Å². The summed E-state index contributed by atoms with van der Waals surface area (Å²) in [4.78, 5) is 20.2. The molecule has 1 amide bonds. The van der Waals surface area contributed by atoms with E-state index in [4.69, 9.17) is 11.6 Å². The molecule has 0 saturated heterocycles. The van der Waals surface area contributed by atoms with Gasteiger partial charge in [0.15, 0.2) is 5.69 Å². The Balaban J connectivity index is 1.90. The number of nitrogens with zero attached hydrogens (tertiary/aromatic N) is 2. The summed E-state index contributed by atoms with van der Waals surface area (Å²) in [5.41, 5.74) is 1.84. The summed E-state index contributed by atoms with van der Waals surface area (Å²) >= 11 is 6.01. The quantitative estimate of drug-likeness (QED) is 0.659. The van der Waals surface area contributed by atoms with Gasteiger partial charge in [0, 0.05) is 5.69 Å². The van der Waals surface area contributed by atoms with Gasteiger partial charge in [-0.25, -0.2) is 18.4 Å². The minimum atomic E-state index is -3.84. The molecule has 1 heterocycles. The van der Waals surface area contributed by atoms with Crippen LogP contribution in [0.1, 0.15) is 21.6 Å². The van der Waals surface area contributed by atoms with Gasteiger partial charge in [0.2, 0.25) is 15.0 Å². The molecule has 0 spiro atoms. The van der Waals surface area contributed by atoms with Gasteiger partial charge in [0.25, 0.3) is 5.91 Å². The van der Waals surface area contributed by atoms with E-state index in [-0.39, 0.29) is 16.5 Å². The van der Waals surface area contributed by atoms with Crippen molar-refractivity contribution in [2.75, 3.05) is 5.32 Å². The number of hydrogen-bond acceptors (Lipinski definition) is 5. The Morgan fingerprint density at radius 1 is 1.07 bits per heavy atom. The van der Waals surface area contributed by atoms with Crippen molar-refractivity contribution in [1.82, 2.24) is 9.97 Å². The SMILES string of the molecule is Cc1ccccc1CS(=O)(=O)c1ncc(Cl)c(C(=O)Nc2ccccc2)n1. The summed E-state index contributed by atoms with van der Waals surface area (Å²) in [6.45, 7) is 1.83. The molecule has 0 saturated carbocycles. The fraction of sp³-hybridized carbons (Fsp3) is 0.105. The molecule has 6 nitrogen and oxygen atoms in total. The maximum atomic E-state index is 12.7. The standard InChI is InChI=1S/C19H16ClN3O3S/c1-13-7-5-6-8-14(13)12-27(25,26)19-21-11-16(20)17(23-19)18(24)22-15-9-3-2-4-10-15/h2-11H,12H2,1H3,(H,22,24). The molecule has 2 aromatic carbocycles. The van der Waals surface area contributed by atoms with Crippen molar-refractivity contribution in [3.8, 4) is 0 Å². The van der Waals surface area contributed by atoms with E-state index in [0.29, 0.717) is 11.3 Å². The third kappa shape index (κ3) is 4.50. The summed E-state index contributed by atoms with van der Waals surface area (Å²) in [7, 11) is -3.84. The molecule has 3 rings (SSSR count). The summed E-state index contributed by atoms with van der Waals surface area (Å²) in [6.07, 6.45) is 1.12. The Hall–Kier alpha value is -2.77. The van der Waals surface area contributed by atoms with Gasteiger partial charge in [-0.3, -0.25) is 4.79 Å². The first-order valence-corrected chi connectivity index (χ1v) is 10.1. The average molecular weight is 402 g/mol. The second kappa shape index (κ2) is 7.85. The van der Waals surface area contributed by atoms with Crippen LogP contribution in [0.3, 0.4) is 0 Å². The lowest BCUT2D eigenvalue weighted by Crippen LogP contribution is -2.18. The highest BCUT2D eigenvalue weighted by Crippen LogP contribution is 2.20. The fourth-order valence-corrected chi connectivity index (χ4v) is 3.90. The molecule has 1 N–H and O–H groups in total. The number of hydrogen-bond donors (Lipinski definition) is 1. The maximum absolute atomic E-state index is 12.7. The highest BCUT2D eigenvalue weighted by Gasteiger charge is 2.23. The first kappa shape index (κ1) is 19.0. The van der Waals surface area contributed by atoms with Crippen LogP contribution in [0.25, 0.3) is 0 Å². The van der Waals surface area contributed by atoms with Crippen molar-refractivity contribution in [2.45, 2.75) is 17.8 Å². The molecule has 0 radical (unpaired) electrons. The number of aryl methyl sites for hydroxylation is 1. The van der Waals surface area contributed by atoms with Crippen molar-refractivity contribution in [1.29, 1.82) is 0 Å². The molecule has 138 valence electrons. The minimum absolute atomic E-state index is 0.0294. The van der Waals surface area contributed by atoms with Crippen LogP contribution < -0.4 is 5.32 Å². The highest BCUT2D eigenvalue weighted by atomic mass is 35.5. The van der Waals surface area contributed by atoms with Gasteiger partial charge in [-0.05, 0) is 30.2 Å². The van der Waals surface area contributed by atoms with Crippen molar-refractivity contribution in [2.24, 2.45) is 0 Å². The van der Waals surface area contributed by atoms with Crippen LogP contribution in [-0.2, 0) is 15.6 Å². The minimum Gasteiger partial charge on any atom is -0.321 e. The average Bonchev–Trinajstić information content (AvgIpc) is 2.64. The molecule has 0 aliphatic heterocycles. The van der Waals surface area contributed by atoms with E-state index in [1.165, 1.54) is 0 Å². The van der Waals surface area contributed by atoms with Crippen molar-refractivity contribution >= 4 is 33.0 Å². The summed E-state index contributed by atoms with van der Waals surface area (Å²) in [5.74, 6) is -0.873. The van der Waals surface area contributed by atoms with E-state index in [1.54, 1.807) is 36.4 Å². The van der Waals surface area contributed by atoms with Crippen LogP contribution in [0.2, 0.25) is 5.02 Å². The maximum Gasteiger partial charge on any atom is 0.275 e. The lowest BCUT2D eigenvalue weighted by Gasteiger charge is -2.09. The summed E-state index contributed by atoms with van der Waals surface area (Å²) < 4.78 is 25.4. The molecule has 0 unspecified atom stereocenters. The van der Waals surface area contributed by atoms with E-state index < -0.39 is 20.9 Å². The molecule has 1 aromatic heterocycles.